The Morgan fingerprint density at radius 1 is 1.29 bits per heavy atom. The van der Waals surface area contributed by atoms with Crippen molar-refractivity contribution in [2.75, 3.05) is 6.54 Å². The molecular weight excluding hydrogens is 268 g/mol. The Hall–Kier alpha value is -2.04. The lowest BCUT2D eigenvalue weighted by Gasteiger charge is -2.29. The van der Waals surface area contributed by atoms with E-state index in [1.807, 2.05) is 13.0 Å². The van der Waals surface area contributed by atoms with Crippen LogP contribution in [0.3, 0.4) is 0 Å². The predicted molar refractivity (Wildman–Crippen MR) is 80.0 cm³/mol. The van der Waals surface area contributed by atoms with Crippen molar-refractivity contribution >= 4 is 12.0 Å². The summed E-state index contributed by atoms with van der Waals surface area (Å²) in [4.78, 5) is 25.6. The highest BCUT2D eigenvalue weighted by Crippen LogP contribution is 2.24. The molecule has 0 aliphatic heterocycles. The number of nitrogens with zero attached hydrogens (tertiary/aromatic N) is 1. The zero-order valence-corrected chi connectivity index (χ0v) is 12.3. The Morgan fingerprint density at radius 2 is 1.90 bits per heavy atom. The number of rotatable bonds is 5. The molecule has 21 heavy (non-hydrogen) atoms. The molecule has 2 N–H and O–H groups in total. The van der Waals surface area contributed by atoms with Gasteiger partial charge in [-0.1, -0.05) is 43.2 Å². The van der Waals surface area contributed by atoms with Gasteiger partial charge in [-0.2, -0.15) is 0 Å². The highest BCUT2D eigenvalue weighted by atomic mass is 16.4. The van der Waals surface area contributed by atoms with Crippen molar-refractivity contribution in [3.63, 3.8) is 0 Å². The van der Waals surface area contributed by atoms with E-state index >= 15 is 0 Å². The average Bonchev–Trinajstić information content (AvgIpc) is 3.00. The van der Waals surface area contributed by atoms with Crippen LogP contribution in [0.1, 0.15) is 44.2 Å². The van der Waals surface area contributed by atoms with Gasteiger partial charge in [0.05, 0.1) is 0 Å². The maximum absolute atomic E-state index is 12.4. The topological polar surface area (TPSA) is 69.6 Å². The number of amides is 2. The van der Waals surface area contributed by atoms with Crippen LogP contribution < -0.4 is 5.32 Å². The molecule has 5 heteroatoms. The van der Waals surface area contributed by atoms with Gasteiger partial charge in [0.2, 0.25) is 0 Å². The Morgan fingerprint density at radius 3 is 2.43 bits per heavy atom. The first-order chi connectivity index (χ1) is 10.1. The number of carboxylic acids is 1. The van der Waals surface area contributed by atoms with Crippen LogP contribution >= 0.6 is 0 Å². The van der Waals surface area contributed by atoms with E-state index in [1.165, 1.54) is 0 Å². The molecule has 1 aromatic rings. The number of aliphatic carboxylic acids is 1. The quantitative estimate of drug-likeness (QED) is 0.876. The lowest BCUT2D eigenvalue weighted by Crippen LogP contribution is -2.47. The SMILES string of the molecule is CCN(C(=O)N[C@@H](C(=O)O)c1ccccc1)C1CCCC1. The number of hydrogen-bond acceptors (Lipinski definition) is 2. The second-order valence-corrected chi connectivity index (χ2v) is 5.36. The van der Waals surface area contributed by atoms with Crippen molar-refractivity contribution < 1.29 is 14.7 Å². The summed E-state index contributed by atoms with van der Waals surface area (Å²) in [6, 6.07) is 7.73. The molecule has 1 aliphatic carbocycles. The number of carbonyl (C=O) groups excluding carboxylic acids is 1. The molecule has 0 bridgehead atoms. The number of carbonyl (C=O) groups is 2. The summed E-state index contributed by atoms with van der Waals surface area (Å²) in [5, 5.41) is 12.0. The van der Waals surface area contributed by atoms with Crippen LogP contribution in [-0.4, -0.2) is 34.6 Å². The van der Waals surface area contributed by atoms with E-state index in [2.05, 4.69) is 5.32 Å². The molecule has 1 atom stereocenters. The molecule has 1 aliphatic rings. The second-order valence-electron chi connectivity index (χ2n) is 5.36. The van der Waals surface area contributed by atoms with E-state index in [-0.39, 0.29) is 12.1 Å². The highest BCUT2D eigenvalue weighted by Gasteiger charge is 2.29. The third-order valence-electron chi connectivity index (χ3n) is 4.01. The molecule has 1 fully saturated rings. The lowest BCUT2D eigenvalue weighted by molar-refractivity contribution is -0.139. The number of benzene rings is 1. The van der Waals surface area contributed by atoms with Crippen molar-refractivity contribution in [2.45, 2.75) is 44.7 Å². The van der Waals surface area contributed by atoms with E-state index in [0.29, 0.717) is 12.1 Å². The summed E-state index contributed by atoms with van der Waals surface area (Å²) in [5.74, 6) is -1.04. The minimum Gasteiger partial charge on any atom is -0.479 e. The van der Waals surface area contributed by atoms with E-state index in [9.17, 15) is 14.7 Å². The highest BCUT2D eigenvalue weighted by molar-refractivity contribution is 5.83. The summed E-state index contributed by atoms with van der Waals surface area (Å²) in [5.41, 5.74) is 0.584. The zero-order chi connectivity index (χ0) is 15.2. The molecule has 1 aromatic carbocycles. The van der Waals surface area contributed by atoms with Crippen molar-refractivity contribution in [3.05, 3.63) is 35.9 Å². The fourth-order valence-corrected chi connectivity index (χ4v) is 2.92. The molecule has 0 spiro atoms. The molecule has 2 amide bonds. The third kappa shape index (κ3) is 3.74. The van der Waals surface area contributed by atoms with Gasteiger partial charge in [0.25, 0.3) is 0 Å². The first-order valence-corrected chi connectivity index (χ1v) is 7.48. The first-order valence-electron chi connectivity index (χ1n) is 7.48. The van der Waals surface area contributed by atoms with Crippen molar-refractivity contribution in [3.8, 4) is 0 Å². The zero-order valence-electron chi connectivity index (χ0n) is 12.3. The second kappa shape index (κ2) is 7.11. The minimum atomic E-state index is -1.04. The molecule has 5 nitrogen and oxygen atoms in total. The Bertz CT molecular complexity index is 484. The van der Waals surface area contributed by atoms with E-state index in [4.69, 9.17) is 0 Å². The molecule has 0 radical (unpaired) electrons. The largest absolute Gasteiger partial charge is 0.479 e. The number of nitrogens with one attached hydrogen (secondary N) is 1. The van der Waals surface area contributed by atoms with Crippen LogP contribution in [0, 0.1) is 0 Å². The smallest absolute Gasteiger partial charge is 0.330 e. The van der Waals surface area contributed by atoms with E-state index in [1.54, 1.807) is 29.2 Å². The van der Waals surface area contributed by atoms with Gasteiger partial charge < -0.3 is 15.3 Å². The summed E-state index contributed by atoms with van der Waals surface area (Å²) < 4.78 is 0. The fraction of sp³-hybridized carbons (Fsp3) is 0.500. The molecule has 0 saturated heterocycles. The Balaban J connectivity index is 2.09. The lowest BCUT2D eigenvalue weighted by atomic mass is 10.1. The Labute approximate surface area is 125 Å². The molecule has 1 saturated carbocycles. The monoisotopic (exact) mass is 290 g/mol. The fourth-order valence-electron chi connectivity index (χ4n) is 2.92. The maximum Gasteiger partial charge on any atom is 0.330 e. The van der Waals surface area contributed by atoms with Crippen LogP contribution in [-0.2, 0) is 4.79 Å². The van der Waals surface area contributed by atoms with Gasteiger partial charge in [0, 0.05) is 12.6 Å². The summed E-state index contributed by atoms with van der Waals surface area (Å²) >= 11 is 0. The molecule has 0 aromatic heterocycles. The number of carboxylic acid groups (broad SMARTS) is 1. The standard InChI is InChI=1S/C16H22N2O3/c1-2-18(13-10-6-7-11-13)16(21)17-14(15(19)20)12-8-4-3-5-9-12/h3-5,8-9,13-14H,2,6-7,10-11H2,1H3,(H,17,21)(H,19,20)/t14-/m1/s1. The van der Waals surface area contributed by atoms with Crippen LogP contribution in [0.2, 0.25) is 0 Å². The molecule has 0 unspecified atom stereocenters. The first kappa shape index (κ1) is 15.4. The van der Waals surface area contributed by atoms with Crippen LogP contribution in [0.25, 0.3) is 0 Å². The van der Waals surface area contributed by atoms with Gasteiger partial charge >= 0.3 is 12.0 Å². The van der Waals surface area contributed by atoms with Gasteiger partial charge in [-0.15, -0.1) is 0 Å². The third-order valence-corrected chi connectivity index (χ3v) is 4.01. The van der Waals surface area contributed by atoms with E-state index in [0.717, 1.165) is 25.7 Å². The van der Waals surface area contributed by atoms with Crippen LogP contribution in [0.5, 0.6) is 0 Å². The van der Waals surface area contributed by atoms with Gasteiger partial charge in [-0.05, 0) is 25.3 Å². The molecule has 114 valence electrons. The summed E-state index contributed by atoms with van der Waals surface area (Å²) in [6.45, 7) is 2.52. The van der Waals surface area contributed by atoms with Crippen LogP contribution in [0.15, 0.2) is 30.3 Å². The maximum atomic E-state index is 12.4. The predicted octanol–water partition coefficient (Wildman–Crippen LogP) is 2.79. The van der Waals surface area contributed by atoms with Crippen molar-refractivity contribution in [1.29, 1.82) is 0 Å². The molecular formula is C16H22N2O3. The van der Waals surface area contributed by atoms with Crippen LogP contribution in [0.4, 0.5) is 4.79 Å². The van der Waals surface area contributed by atoms with Gasteiger partial charge in [0.15, 0.2) is 6.04 Å². The minimum absolute atomic E-state index is 0.236. The molecule has 0 heterocycles. The molecule has 2 rings (SSSR count). The van der Waals surface area contributed by atoms with Gasteiger partial charge in [-0.3, -0.25) is 0 Å². The Kier molecular flexibility index (Phi) is 5.20. The number of hydrogen-bond donors (Lipinski definition) is 2. The normalized spacial score (nSPS) is 16.4. The van der Waals surface area contributed by atoms with Gasteiger partial charge in [0.1, 0.15) is 0 Å². The van der Waals surface area contributed by atoms with Crippen molar-refractivity contribution in [1.82, 2.24) is 10.2 Å². The summed E-state index contributed by atoms with van der Waals surface area (Å²) in [6.07, 6.45) is 4.28. The summed E-state index contributed by atoms with van der Waals surface area (Å²) in [7, 11) is 0. The number of urea groups is 1. The van der Waals surface area contributed by atoms with E-state index < -0.39 is 12.0 Å². The average molecular weight is 290 g/mol. The van der Waals surface area contributed by atoms with Crippen molar-refractivity contribution in [2.24, 2.45) is 0 Å². The van der Waals surface area contributed by atoms with Gasteiger partial charge in [-0.25, -0.2) is 9.59 Å².